The lowest BCUT2D eigenvalue weighted by atomic mass is 10.1. The maximum atomic E-state index is 11.0. The Balaban J connectivity index is 3.39. The maximum Gasteiger partial charge on any atom is 0.296 e. The van der Waals surface area contributed by atoms with E-state index < -0.39 is 10.1 Å². The molecular weight excluding hydrogens is 230 g/mol. The second kappa shape index (κ2) is 4.71. The molecule has 0 bridgehead atoms. The van der Waals surface area contributed by atoms with Crippen LogP contribution in [-0.2, 0) is 16.5 Å². The number of rotatable bonds is 4. The summed E-state index contributed by atoms with van der Waals surface area (Å²) in [6, 6.07) is 2.76. The van der Waals surface area contributed by atoms with Crippen molar-refractivity contribution < 1.29 is 17.7 Å². The lowest BCUT2D eigenvalue weighted by Gasteiger charge is -2.12. The van der Waals surface area contributed by atoms with Crippen LogP contribution in [0.5, 0.6) is 5.75 Å². The van der Waals surface area contributed by atoms with Crippen LogP contribution in [0, 0.1) is 0 Å². The van der Waals surface area contributed by atoms with Crippen LogP contribution < -0.4 is 10.5 Å². The van der Waals surface area contributed by atoms with Gasteiger partial charge in [0.1, 0.15) is 10.6 Å². The second-order valence-electron chi connectivity index (χ2n) is 3.26. The van der Waals surface area contributed by atoms with Crippen LogP contribution in [0.25, 0.3) is 0 Å². The van der Waals surface area contributed by atoms with E-state index in [1.165, 1.54) is 12.1 Å². The first-order valence-electron chi connectivity index (χ1n) is 4.92. The van der Waals surface area contributed by atoms with Crippen LogP contribution in [0.3, 0.4) is 0 Å². The summed E-state index contributed by atoms with van der Waals surface area (Å²) in [6.07, 6.45) is 0.672. The van der Waals surface area contributed by atoms with Gasteiger partial charge >= 0.3 is 0 Å². The standard InChI is InChI=1S/C10H15NO4S/c1-3-7-5-8(11)10(16(12,13)14)6-9(7)15-4-2/h5-6H,3-4,11H2,1-2H3,(H,12,13,14). The normalized spacial score (nSPS) is 11.4. The molecule has 1 aromatic rings. The fourth-order valence-electron chi connectivity index (χ4n) is 1.41. The van der Waals surface area contributed by atoms with Gasteiger partial charge in [-0.2, -0.15) is 8.42 Å². The zero-order valence-electron chi connectivity index (χ0n) is 9.23. The van der Waals surface area contributed by atoms with Gasteiger partial charge in [-0.25, -0.2) is 0 Å². The monoisotopic (exact) mass is 245 g/mol. The number of anilines is 1. The van der Waals surface area contributed by atoms with E-state index in [1.54, 1.807) is 6.92 Å². The maximum absolute atomic E-state index is 11.0. The third-order valence-corrected chi connectivity index (χ3v) is 3.06. The molecule has 0 aromatic heterocycles. The number of benzene rings is 1. The second-order valence-corrected chi connectivity index (χ2v) is 4.65. The highest BCUT2D eigenvalue weighted by atomic mass is 32.2. The minimum Gasteiger partial charge on any atom is -0.494 e. The molecule has 90 valence electrons. The van der Waals surface area contributed by atoms with E-state index in [9.17, 15) is 8.42 Å². The van der Waals surface area contributed by atoms with Gasteiger partial charge in [-0.3, -0.25) is 4.55 Å². The van der Waals surface area contributed by atoms with Crippen molar-refractivity contribution in [3.05, 3.63) is 17.7 Å². The van der Waals surface area contributed by atoms with E-state index in [0.717, 1.165) is 5.56 Å². The molecule has 16 heavy (non-hydrogen) atoms. The number of nitrogens with two attached hydrogens (primary N) is 1. The molecule has 0 aliphatic carbocycles. The number of ether oxygens (including phenoxy) is 1. The summed E-state index contributed by atoms with van der Waals surface area (Å²) in [4.78, 5) is -0.312. The predicted octanol–water partition coefficient (Wildman–Crippen LogP) is 1.48. The van der Waals surface area contributed by atoms with E-state index >= 15 is 0 Å². The molecule has 1 rings (SSSR count). The molecule has 0 saturated carbocycles. The van der Waals surface area contributed by atoms with Crippen LogP contribution in [0.4, 0.5) is 5.69 Å². The smallest absolute Gasteiger partial charge is 0.296 e. The summed E-state index contributed by atoms with van der Waals surface area (Å²) in [5.41, 5.74) is 6.40. The van der Waals surface area contributed by atoms with Gasteiger partial charge in [-0.15, -0.1) is 0 Å². The first kappa shape index (κ1) is 12.8. The summed E-state index contributed by atoms with van der Waals surface area (Å²) in [5.74, 6) is 0.437. The Morgan fingerprint density at radius 3 is 2.44 bits per heavy atom. The van der Waals surface area contributed by atoms with Gasteiger partial charge in [-0.05, 0) is 25.0 Å². The van der Waals surface area contributed by atoms with Gasteiger partial charge in [0, 0.05) is 6.07 Å². The summed E-state index contributed by atoms with van der Waals surface area (Å²) in [5, 5.41) is 0. The Morgan fingerprint density at radius 2 is 2.00 bits per heavy atom. The zero-order valence-corrected chi connectivity index (χ0v) is 10.0. The van der Waals surface area contributed by atoms with Gasteiger partial charge < -0.3 is 10.5 Å². The molecule has 5 nitrogen and oxygen atoms in total. The SMILES string of the molecule is CCOc1cc(S(=O)(=O)O)c(N)cc1CC. The first-order valence-corrected chi connectivity index (χ1v) is 6.36. The van der Waals surface area contributed by atoms with Crippen molar-refractivity contribution in [2.24, 2.45) is 0 Å². The minimum atomic E-state index is -4.30. The fourth-order valence-corrected chi connectivity index (χ4v) is 2.03. The van der Waals surface area contributed by atoms with Gasteiger partial charge in [0.15, 0.2) is 0 Å². The van der Waals surface area contributed by atoms with E-state index in [0.29, 0.717) is 18.8 Å². The third-order valence-electron chi connectivity index (χ3n) is 2.15. The topological polar surface area (TPSA) is 89.6 Å². The Labute approximate surface area is 95.0 Å². The van der Waals surface area contributed by atoms with Crippen molar-refractivity contribution in [2.45, 2.75) is 25.2 Å². The molecule has 1 aromatic carbocycles. The molecular formula is C10H15NO4S. The number of hydrogen-bond donors (Lipinski definition) is 2. The fraction of sp³-hybridized carbons (Fsp3) is 0.400. The van der Waals surface area contributed by atoms with E-state index in [2.05, 4.69) is 0 Å². The predicted molar refractivity (Wildman–Crippen MR) is 61.2 cm³/mol. The van der Waals surface area contributed by atoms with Gasteiger partial charge in [0.05, 0.1) is 12.3 Å². The van der Waals surface area contributed by atoms with E-state index in [-0.39, 0.29) is 10.6 Å². The van der Waals surface area contributed by atoms with Crippen LogP contribution in [0.1, 0.15) is 19.4 Å². The molecule has 0 fully saturated rings. The zero-order chi connectivity index (χ0) is 12.3. The average molecular weight is 245 g/mol. The molecule has 0 aliphatic heterocycles. The molecule has 0 radical (unpaired) electrons. The molecule has 0 heterocycles. The number of hydrogen-bond acceptors (Lipinski definition) is 4. The highest BCUT2D eigenvalue weighted by molar-refractivity contribution is 7.86. The Morgan fingerprint density at radius 1 is 1.38 bits per heavy atom. The van der Waals surface area contributed by atoms with Crippen LogP contribution >= 0.6 is 0 Å². The molecule has 0 unspecified atom stereocenters. The van der Waals surface area contributed by atoms with Gasteiger partial charge in [0.2, 0.25) is 0 Å². The summed E-state index contributed by atoms with van der Waals surface area (Å²) in [7, 11) is -4.30. The lowest BCUT2D eigenvalue weighted by molar-refractivity contribution is 0.335. The van der Waals surface area contributed by atoms with Crippen molar-refractivity contribution in [1.29, 1.82) is 0 Å². The van der Waals surface area contributed by atoms with Crippen LogP contribution in [0.2, 0.25) is 0 Å². The van der Waals surface area contributed by atoms with Crippen molar-refractivity contribution in [3.63, 3.8) is 0 Å². The minimum absolute atomic E-state index is 0.0304. The Bertz CT molecular complexity index is 482. The largest absolute Gasteiger partial charge is 0.494 e. The summed E-state index contributed by atoms with van der Waals surface area (Å²) < 4.78 is 36.3. The number of nitrogen functional groups attached to an aromatic ring is 1. The van der Waals surface area contributed by atoms with Crippen molar-refractivity contribution in [1.82, 2.24) is 0 Å². The van der Waals surface area contributed by atoms with Crippen molar-refractivity contribution in [3.8, 4) is 5.75 Å². The van der Waals surface area contributed by atoms with E-state index in [4.69, 9.17) is 15.0 Å². The Kier molecular flexibility index (Phi) is 3.77. The highest BCUT2D eigenvalue weighted by Gasteiger charge is 2.17. The summed E-state index contributed by atoms with van der Waals surface area (Å²) in [6.45, 7) is 4.12. The van der Waals surface area contributed by atoms with Crippen LogP contribution in [-0.4, -0.2) is 19.6 Å². The van der Waals surface area contributed by atoms with Crippen molar-refractivity contribution in [2.75, 3.05) is 12.3 Å². The molecule has 0 aliphatic rings. The van der Waals surface area contributed by atoms with Crippen molar-refractivity contribution >= 4 is 15.8 Å². The number of aryl methyl sites for hydroxylation is 1. The summed E-state index contributed by atoms with van der Waals surface area (Å²) >= 11 is 0. The molecule has 0 spiro atoms. The molecule has 0 saturated heterocycles. The molecule has 0 atom stereocenters. The third kappa shape index (κ3) is 2.65. The quantitative estimate of drug-likeness (QED) is 0.619. The first-order chi connectivity index (χ1) is 7.40. The average Bonchev–Trinajstić information content (AvgIpc) is 2.18. The molecule has 3 N–H and O–H groups in total. The Hall–Kier alpha value is -1.27. The lowest BCUT2D eigenvalue weighted by Crippen LogP contribution is -2.06. The molecule has 0 amide bonds. The van der Waals surface area contributed by atoms with Crippen LogP contribution in [0.15, 0.2) is 17.0 Å². The van der Waals surface area contributed by atoms with E-state index in [1.807, 2.05) is 6.92 Å². The molecule has 6 heteroatoms. The highest BCUT2D eigenvalue weighted by Crippen LogP contribution is 2.29. The van der Waals surface area contributed by atoms with Gasteiger partial charge in [-0.1, -0.05) is 6.92 Å². The van der Waals surface area contributed by atoms with Gasteiger partial charge in [0.25, 0.3) is 10.1 Å².